The van der Waals surface area contributed by atoms with E-state index in [2.05, 4.69) is 20.3 Å². The number of carbonyl (C=O) groups is 2. The van der Waals surface area contributed by atoms with Crippen LogP contribution in [0.1, 0.15) is 43.5 Å². The SMILES string of the molecule is Cc1cc(C(=O)N(C)CCN(C)C(=O)c2cc(C)nc3onc(C)c23)c2c(C)noc2n1. The summed E-state index contributed by atoms with van der Waals surface area (Å²) >= 11 is 0. The summed E-state index contributed by atoms with van der Waals surface area (Å²) in [7, 11) is 3.40. The maximum absolute atomic E-state index is 13.1. The molecule has 32 heavy (non-hydrogen) atoms. The molecule has 10 heteroatoms. The molecule has 0 radical (unpaired) electrons. The quantitative estimate of drug-likeness (QED) is 0.469. The zero-order valence-corrected chi connectivity index (χ0v) is 18.9. The van der Waals surface area contributed by atoms with E-state index in [1.54, 1.807) is 63.7 Å². The Hall–Kier alpha value is -3.82. The zero-order chi connectivity index (χ0) is 23.2. The van der Waals surface area contributed by atoms with Gasteiger partial charge in [0.1, 0.15) is 0 Å². The van der Waals surface area contributed by atoms with Crippen LogP contribution in [-0.4, -0.2) is 69.1 Å². The number of hydrogen-bond acceptors (Lipinski definition) is 8. The Morgan fingerprint density at radius 3 is 1.50 bits per heavy atom. The molecule has 10 nitrogen and oxygen atoms in total. The molecule has 2 amide bonds. The van der Waals surface area contributed by atoms with E-state index >= 15 is 0 Å². The molecule has 0 unspecified atom stereocenters. The van der Waals surface area contributed by atoms with E-state index in [1.807, 2.05) is 0 Å². The highest BCUT2D eigenvalue weighted by atomic mass is 16.5. The van der Waals surface area contributed by atoms with Gasteiger partial charge in [-0.25, -0.2) is 9.97 Å². The van der Waals surface area contributed by atoms with E-state index in [0.717, 1.165) is 0 Å². The van der Waals surface area contributed by atoms with Crippen molar-refractivity contribution in [3.63, 3.8) is 0 Å². The van der Waals surface area contributed by atoms with Crippen molar-refractivity contribution in [3.05, 3.63) is 46.0 Å². The van der Waals surface area contributed by atoms with E-state index < -0.39 is 0 Å². The number of rotatable bonds is 5. The molecule has 0 saturated carbocycles. The Bertz CT molecular complexity index is 1250. The maximum atomic E-state index is 13.1. The molecule has 0 aliphatic rings. The number of aryl methyl sites for hydroxylation is 4. The van der Waals surface area contributed by atoms with Crippen molar-refractivity contribution in [2.45, 2.75) is 27.7 Å². The molecule has 4 heterocycles. The lowest BCUT2D eigenvalue weighted by Crippen LogP contribution is -2.37. The minimum absolute atomic E-state index is 0.190. The first kappa shape index (κ1) is 21.4. The van der Waals surface area contributed by atoms with Gasteiger partial charge in [0, 0.05) is 38.6 Å². The van der Waals surface area contributed by atoms with Crippen molar-refractivity contribution in [1.29, 1.82) is 0 Å². The number of pyridine rings is 2. The third-order valence-electron chi connectivity index (χ3n) is 5.42. The van der Waals surface area contributed by atoms with Gasteiger partial charge in [0.05, 0.1) is 33.3 Å². The molecule has 0 fully saturated rings. The van der Waals surface area contributed by atoms with E-state index in [-0.39, 0.29) is 11.8 Å². The van der Waals surface area contributed by atoms with Gasteiger partial charge in [-0.15, -0.1) is 0 Å². The van der Waals surface area contributed by atoms with Gasteiger partial charge in [0.25, 0.3) is 23.2 Å². The first-order chi connectivity index (χ1) is 15.2. The molecule has 0 aliphatic heterocycles. The topological polar surface area (TPSA) is 118 Å². The fourth-order valence-electron chi connectivity index (χ4n) is 3.69. The van der Waals surface area contributed by atoms with Gasteiger partial charge >= 0.3 is 0 Å². The number of amides is 2. The Morgan fingerprint density at radius 2 is 1.12 bits per heavy atom. The van der Waals surface area contributed by atoms with Crippen molar-refractivity contribution in [3.8, 4) is 0 Å². The fraction of sp³-hybridized carbons (Fsp3) is 0.364. The van der Waals surface area contributed by atoms with Crippen molar-refractivity contribution >= 4 is 34.0 Å². The number of fused-ring (bicyclic) bond motifs is 2. The lowest BCUT2D eigenvalue weighted by molar-refractivity contribution is 0.0720. The van der Waals surface area contributed by atoms with Gasteiger partial charge in [-0.1, -0.05) is 10.3 Å². The lowest BCUT2D eigenvalue weighted by atomic mass is 10.1. The standard InChI is InChI=1S/C22H24N6O4/c1-11-9-15(17-13(3)25-31-19(17)23-11)21(29)27(5)7-8-28(6)22(30)16-10-12(2)24-20-18(16)14(4)26-32-20/h9-10H,7-8H2,1-6H3. The number of likely N-dealkylation sites (N-methyl/N-ethyl adjacent to an activating group) is 2. The van der Waals surface area contributed by atoms with Crippen LogP contribution < -0.4 is 0 Å². The van der Waals surface area contributed by atoms with Gasteiger partial charge < -0.3 is 18.8 Å². The molecule has 0 aromatic carbocycles. The second kappa shape index (κ2) is 8.03. The van der Waals surface area contributed by atoms with Gasteiger partial charge in [-0.05, 0) is 39.8 Å². The van der Waals surface area contributed by atoms with Crippen LogP contribution in [0.3, 0.4) is 0 Å². The molecule has 4 aromatic heterocycles. The third-order valence-corrected chi connectivity index (χ3v) is 5.42. The van der Waals surface area contributed by atoms with E-state index in [4.69, 9.17) is 9.05 Å². The van der Waals surface area contributed by atoms with Crippen LogP contribution in [0, 0.1) is 27.7 Å². The van der Waals surface area contributed by atoms with Crippen LogP contribution in [0.15, 0.2) is 21.2 Å². The molecule has 0 saturated heterocycles. The van der Waals surface area contributed by atoms with Crippen molar-refractivity contribution in [2.24, 2.45) is 0 Å². The summed E-state index contributed by atoms with van der Waals surface area (Å²) in [5, 5.41) is 9.06. The summed E-state index contributed by atoms with van der Waals surface area (Å²) in [5.74, 6) is -0.380. The van der Waals surface area contributed by atoms with Gasteiger partial charge in [-0.3, -0.25) is 9.59 Å². The normalized spacial score (nSPS) is 11.3. The molecule has 4 rings (SSSR count). The molecular formula is C22H24N6O4. The molecule has 0 aliphatic carbocycles. The average Bonchev–Trinajstić information content (AvgIpc) is 3.31. The van der Waals surface area contributed by atoms with Crippen LogP contribution >= 0.6 is 0 Å². The van der Waals surface area contributed by atoms with E-state index in [1.165, 1.54) is 0 Å². The number of carbonyl (C=O) groups excluding carboxylic acids is 2. The minimum Gasteiger partial charge on any atom is -0.340 e. The first-order valence-electron chi connectivity index (χ1n) is 10.2. The highest BCUT2D eigenvalue weighted by Gasteiger charge is 2.23. The molecular weight excluding hydrogens is 412 g/mol. The summed E-state index contributed by atoms with van der Waals surface area (Å²) < 4.78 is 10.4. The molecule has 0 bridgehead atoms. The number of hydrogen-bond donors (Lipinski definition) is 0. The summed E-state index contributed by atoms with van der Waals surface area (Å²) in [6.07, 6.45) is 0. The first-order valence-corrected chi connectivity index (χ1v) is 10.2. The van der Waals surface area contributed by atoms with Crippen LogP contribution in [-0.2, 0) is 0 Å². The van der Waals surface area contributed by atoms with Crippen LogP contribution in [0.5, 0.6) is 0 Å². The fourth-order valence-corrected chi connectivity index (χ4v) is 3.69. The van der Waals surface area contributed by atoms with Gasteiger partial charge in [-0.2, -0.15) is 0 Å². The van der Waals surface area contributed by atoms with E-state index in [0.29, 0.717) is 69.2 Å². The summed E-state index contributed by atoms with van der Waals surface area (Å²) in [5.41, 5.74) is 4.19. The monoisotopic (exact) mass is 436 g/mol. The predicted molar refractivity (Wildman–Crippen MR) is 116 cm³/mol. The minimum atomic E-state index is -0.190. The van der Waals surface area contributed by atoms with Crippen LogP contribution in [0.2, 0.25) is 0 Å². The van der Waals surface area contributed by atoms with Gasteiger partial charge in [0.15, 0.2) is 0 Å². The van der Waals surface area contributed by atoms with E-state index in [9.17, 15) is 9.59 Å². The maximum Gasteiger partial charge on any atom is 0.258 e. The molecule has 4 aromatic rings. The smallest absolute Gasteiger partial charge is 0.258 e. The van der Waals surface area contributed by atoms with Gasteiger partial charge in [0.2, 0.25) is 0 Å². The van der Waals surface area contributed by atoms with Crippen LogP contribution in [0.25, 0.3) is 22.2 Å². The largest absolute Gasteiger partial charge is 0.340 e. The summed E-state index contributed by atoms with van der Waals surface area (Å²) in [6.45, 7) is 7.82. The molecule has 0 N–H and O–H groups in total. The third kappa shape index (κ3) is 3.68. The Morgan fingerprint density at radius 1 is 0.750 bits per heavy atom. The highest BCUT2D eigenvalue weighted by Crippen LogP contribution is 2.24. The Balaban J connectivity index is 1.52. The lowest BCUT2D eigenvalue weighted by Gasteiger charge is -2.23. The second-order valence-corrected chi connectivity index (χ2v) is 7.97. The highest BCUT2D eigenvalue weighted by molar-refractivity contribution is 6.07. The Kier molecular flexibility index (Phi) is 5.37. The average molecular weight is 436 g/mol. The van der Waals surface area contributed by atoms with Crippen molar-refractivity contribution in [2.75, 3.05) is 27.2 Å². The Labute approximate surface area is 184 Å². The number of nitrogens with zero attached hydrogens (tertiary/aromatic N) is 6. The molecule has 166 valence electrons. The summed E-state index contributed by atoms with van der Waals surface area (Å²) in [6, 6.07) is 3.46. The molecule has 0 spiro atoms. The number of aromatic nitrogens is 4. The van der Waals surface area contributed by atoms with Crippen LogP contribution in [0.4, 0.5) is 0 Å². The molecule has 0 atom stereocenters. The summed E-state index contributed by atoms with van der Waals surface area (Å²) in [4.78, 5) is 38.0. The van der Waals surface area contributed by atoms with Crippen molar-refractivity contribution in [1.82, 2.24) is 30.1 Å². The predicted octanol–water partition coefficient (Wildman–Crippen LogP) is 2.84. The second-order valence-electron chi connectivity index (χ2n) is 7.97. The van der Waals surface area contributed by atoms with Crippen molar-refractivity contribution < 1.29 is 18.6 Å². The zero-order valence-electron chi connectivity index (χ0n) is 18.9.